The van der Waals surface area contributed by atoms with E-state index in [2.05, 4.69) is 5.32 Å². The van der Waals surface area contributed by atoms with Gasteiger partial charge in [0.25, 0.3) is 0 Å². The van der Waals surface area contributed by atoms with Crippen molar-refractivity contribution in [3.8, 4) is 17.2 Å². The lowest BCUT2D eigenvalue weighted by Crippen LogP contribution is -2.45. The molecule has 0 bridgehead atoms. The van der Waals surface area contributed by atoms with E-state index in [1.54, 1.807) is 63.2 Å². The minimum absolute atomic E-state index is 0.0406. The SMILES string of the molecule is COC(=O)[C@H](Cc1ccc(Oc2ccccc2O)cc1)NC(=O)OC(C)(C)C. The minimum atomic E-state index is -0.884. The molecule has 2 N–H and O–H groups in total. The highest BCUT2D eigenvalue weighted by Gasteiger charge is 2.25. The van der Waals surface area contributed by atoms with Crippen molar-refractivity contribution in [2.24, 2.45) is 0 Å². The highest BCUT2D eigenvalue weighted by Crippen LogP contribution is 2.30. The molecular formula is C21H25NO6. The van der Waals surface area contributed by atoms with Gasteiger partial charge in [0.2, 0.25) is 0 Å². The Morgan fingerprint density at radius 3 is 2.29 bits per heavy atom. The largest absolute Gasteiger partial charge is 0.504 e. The van der Waals surface area contributed by atoms with Gasteiger partial charge in [-0.2, -0.15) is 0 Å². The summed E-state index contributed by atoms with van der Waals surface area (Å²) >= 11 is 0. The minimum Gasteiger partial charge on any atom is -0.504 e. The molecule has 2 aromatic rings. The number of alkyl carbamates (subject to hydrolysis) is 1. The molecule has 0 saturated heterocycles. The van der Waals surface area contributed by atoms with Crippen LogP contribution in [0.3, 0.4) is 0 Å². The molecule has 7 heteroatoms. The molecule has 1 atom stereocenters. The number of esters is 1. The van der Waals surface area contributed by atoms with E-state index in [1.807, 2.05) is 0 Å². The Morgan fingerprint density at radius 2 is 1.71 bits per heavy atom. The van der Waals surface area contributed by atoms with Crippen LogP contribution < -0.4 is 10.1 Å². The van der Waals surface area contributed by atoms with E-state index in [0.717, 1.165) is 5.56 Å². The zero-order valence-corrected chi connectivity index (χ0v) is 16.4. The number of phenols is 1. The molecule has 1 amide bonds. The number of ether oxygens (including phenoxy) is 3. The normalized spacial score (nSPS) is 12.0. The third-order valence-electron chi connectivity index (χ3n) is 3.63. The fourth-order valence-corrected chi connectivity index (χ4v) is 2.39. The summed E-state index contributed by atoms with van der Waals surface area (Å²) < 4.78 is 15.6. The molecule has 0 aliphatic heterocycles. The lowest BCUT2D eigenvalue weighted by molar-refractivity contribution is -0.143. The van der Waals surface area contributed by atoms with Gasteiger partial charge in [-0.15, -0.1) is 0 Å². The average molecular weight is 387 g/mol. The molecule has 0 aromatic heterocycles. The second kappa shape index (κ2) is 9.12. The van der Waals surface area contributed by atoms with Crippen molar-refractivity contribution in [1.82, 2.24) is 5.32 Å². The molecule has 0 fully saturated rings. The first-order valence-electron chi connectivity index (χ1n) is 8.80. The first kappa shape index (κ1) is 21.1. The van der Waals surface area contributed by atoms with E-state index in [9.17, 15) is 14.7 Å². The van der Waals surface area contributed by atoms with Crippen LogP contribution in [0.4, 0.5) is 4.79 Å². The Balaban J connectivity index is 2.05. The predicted octanol–water partition coefficient (Wildman–Crippen LogP) is 3.79. The number of hydrogen-bond donors (Lipinski definition) is 2. The Morgan fingerprint density at radius 1 is 1.07 bits per heavy atom. The van der Waals surface area contributed by atoms with Crippen LogP contribution >= 0.6 is 0 Å². The average Bonchev–Trinajstić information content (AvgIpc) is 2.62. The van der Waals surface area contributed by atoms with Crippen molar-refractivity contribution in [2.45, 2.75) is 38.8 Å². The second-order valence-electron chi connectivity index (χ2n) is 7.14. The maximum absolute atomic E-state index is 12.0. The molecule has 0 saturated carbocycles. The summed E-state index contributed by atoms with van der Waals surface area (Å²) in [6.45, 7) is 5.22. The standard InChI is InChI=1S/C21H25NO6/c1-21(2,3)28-20(25)22-16(19(24)26-4)13-14-9-11-15(12-10-14)27-18-8-6-5-7-17(18)23/h5-12,16,23H,13H2,1-4H3,(H,22,25)/t16-/m0/s1. The third-order valence-corrected chi connectivity index (χ3v) is 3.63. The summed E-state index contributed by atoms with van der Waals surface area (Å²) in [5, 5.41) is 12.3. The molecule has 7 nitrogen and oxygen atoms in total. The zero-order valence-electron chi connectivity index (χ0n) is 16.4. The van der Waals surface area contributed by atoms with E-state index >= 15 is 0 Å². The van der Waals surface area contributed by atoms with E-state index in [4.69, 9.17) is 14.2 Å². The van der Waals surface area contributed by atoms with Gasteiger partial charge in [-0.3, -0.25) is 0 Å². The van der Waals surface area contributed by atoms with E-state index < -0.39 is 23.7 Å². The first-order valence-corrected chi connectivity index (χ1v) is 8.80. The third kappa shape index (κ3) is 6.50. The number of carbonyl (C=O) groups is 2. The molecule has 0 aliphatic rings. The summed E-state index contributed by atoms with van der Waals surface area (Å²) in [5.41, 5.74) is 0.114. The smallest absolute Gasteiger partial charge is 0.408 e. The molecule has 0 heterocycles. The summed E-state index contributed by atoms with van der Waals surface area (Å²) in [5.74, 6) is 0.341. The van der Waals surface area contributed by atoms with Crippen molar-refractivity contribution in [2.75, 3.05) is 7.11 Å². The van der Waals surface area contributed by atoms with Gasteiger partial charge in [0.1, 0.15) is 17.4 Å². The van der Waals surface area contributed by atoms with Crippen LogP contribution in [0.2, 0.25) is 0 Å². The molecule has 0 spiro atoms. The Hall–Kier alpha value is -3.22. The van der Waals surface area contributed by atoms with Crippen LogP contribution in [-0.2, 0) is 20.7 Å². The van der Waals surface area contributed by atoms with Crippen LogP contribution in [0.25, 0.3) is 0 Å². The molecule has 0 radical (unpaired) electrons. The van der Waals surface area contributed by atoms with E-state index in [0.29, 0.717) is 11.5 Å². The van der Waals surface area contributed by atoms with Crippen molar-refractivity contribution >= 4 is 12.1 Å². The van der Waals surface area contributed by atoms with Crippen LogP contribution in [0, 0.1) is 0 Å². The van der Waals surface area contributed by atoms with Gasteiger partial charge >= 0.3 is 12.1 Å². The Labute approximate surface area is 164 Å². The van der Waals surface area contributed by atoms with Crippen LogP contribution in [0.15, 0.2) is 48.5 Å². The van der Waals surface area contributed by atoms with Gasteiger partial charge in [0.15, 0.2) is 11.5 Å². The number of nitrogens with one attached hydrogen (secondary N) is 1. The van der Waals surface area contributed by atoms with E-state index in [1.165, 1.54) is 13.2 Å². The number of rotatable bonds is 6. The van der Waals surface area contributed by atoms with Crippen molar-refractivity contribution in [1.29, 1.82) is 0 Å². The summed E-state index contributed by atoms with van der Waals surface area (Å²) in [6, 6.07) is 12.7. The Kier molecular flexibility index (Phi) is 6.87. The summed E-state index contributed by atoms with van der Waals surface area (Å²) in [6.07, 6.45) is -0.467. The number of hydrogen-bond acceptors (Lipinski definition) is 6. The zero-order chi connectivity index (χ0) is 20.7. The van der Waals surface area contributed by atoms with Gasteiger partial charge in [-0.05, 0) is 50.6 Å². The quantitative estimate of drug-likeness (QED) is 0.733. The van der Waals surface area contributed by atoms with Gasteiger partial charge in [0, 0.05) is 6.42 Å². The number of amides is 1. The van der Waals surface area contributed by atoms with Crippen LogP contribution in [0.1, 0.15) is 26.3 Å². The lowest BCUT2D eigenvalue weighted by atomic mass is 10.1. The van der Waals surface area contributed by atoms with E-state index in [-0.39, 0.29) is 12.2 Å². The first-order chi connectivity index (χ1) is 13.2. The number of methoxy groups -OCH3 is 1. The highest BCUT2D eigenvalue weighted by molar-refractivity contribution is 5.81. The topological polar surface area (TPSA) is 94.1 Å². The molecule has 2 aromatic carbocycles. The van der Waals surface area contributed by atoms with Gasteiger partial charge in [-0.25, -0.2) is 9.59 Å². The molecular weight excluding hydrogens is 362 g/mol. The molecule has 0 aliphatic carbocycles. The van der Waals surface area contributed by atoms with Gasteiger partial charge in [0.05, 0.1) is 7.11 Å². The number of para-hydroxylation sites is 2. The fraction of sp³-hybridized carbons (Fsp3) is 0.333. The molecule has 150 valence electrons. The number of benzene rings is 2. The summed E-state index contributed by atoms with van der Waals surface area (Å²) in [7, 11) is 1.26. The number of carbonyl (C=O) groups excluding carboxylic acids is 2. The van der Waals surface area contributed by atoms with Crippen LogP contribution in [-0.4, -0.2) is 35.9 Å². The predicted molar refractivity (Wildman–Crippen MR) is 104 cm³/mol. The van der Waals surface area contributed by atoms with Crippen molar-refractivity contribution in [3.05, 3.63) is 54.1 Å². The maximum atomic E-state index is 12.0. The molecule has 2 rings (SSSR count). The monoisotopic (exact) mass is 387 g/mol. The molecule has 28 heavy (non-hydrogen) atoms. The van der Waals surface area contributed by atoms with Crippen molar-refractivity contribution in [3.63, 3.8) is 0 Å². The van der Waals surface area contributed by atoms with Crippen LogP contribution in [0.5, 0.6) is 17.2 Å². The molecule has 0 unspecified atom stereocenters. The maximum Gasteiger partial charge on any atom is 0.408 e. The van der Waals surface area contributed by atoms with Crippen molar-refractivity contribution < 1.29 is 28.9 Å². The van der Waals surface area contributed by atoms with Gasteiger partial charge < -0.3 is 24.6 Å². The highest BCUT2D eigenvalue weighted by atomic mass is 16.6. The number of aromatic hydroxyl groups is 1. The second-order valence-corrected chi connectivity index (χ2v) is 7.14. The Bertz CT molecular complexity index is 810. The summed E-state index contributed by atoms with van der Waals surface area (Å²) in [4.78, 5) is 24.0. The van der Waals surface area contributed by atoms with Gasteiger partial charge in [-0.1, -0.05) is 24.3 Å². The number of phenolic OH excluding ortho intramolecular Hbond substituents is 1. The fourth-order valence-electron chi connectivity index (χ4n) is 2.39. The lowest BCUT2D eigenvalue weighted by Gasteiger charge is -2.22.